The zero-order chi connectivity index (χ0) is 15.0. The summed E-state index contributed by atoms with van der Waals surface area (Å²) >= 11 is 0. The minimum Gasteiger partial charge on any atom is -0.507 e. The van der Waals surface area contributed by atoms with Gasteiger partial charge in [-0.2, -0.15) is 0 Å². The number of hydrogen-bond donors (Lipinski definition) is 2. The van der Waals surface area contributed by atoms with Gasteiger partial charge in [0.25, 0.3) is 0 Å². The van der Waals surface area contributed by atoms with Crippen molar-refractivity contribution in [3.05, 3.63) is 65.7 Å². The van der Waals surface area contributed by atoms with Crippen molar-refractivity contribution in [2.24, 2.45) is 0 Å². The van der Waals surface area contributed by atoms with Crippen LogP contribution in [0.1, 0.15) is 15.9 Å². The SMILES string of the molecule is Cc1ccc2ccccc2c1-c1ccc(O)c(C(=O)O)c1. The summed E-state index contributed by atoms with van der Waals surface area (Å²) in [6.45, 7) is 2.00. The first-order chi connectivity index (χ1) is 10.1. The molecule has 21 heavy (non-hydrogen) atoms. The smallest absolute Gasteiger partial charge is 0.339 e. The van der Waals surface area contributed by atoms with Crippen LogP contribution in [0, 0.1) is 6.92 Å². The Kier molecular flexibility index (Phi) is 3.10. The van der Waals surface area contributed by atoms with Gasteiger partial charge in [0.2, 0.25) is 0 Å². The molecule has 0 saturated carbocycles. The second-order valence-electron chi connectivity index (χ2n) is 5.02. The summed E-state index contributed by atoms with van der Waals surface area (Å²) in [5.41, 5.74) is 2.77. The minimum absolute atomic E-state index is 0.0835. The molecule has 0 atom stereocenters. The molecule has 0 fully saturated rings. The van der Waals surface area contributed by atoms with Crippen LogP contribution < -0.4 is 0 Å². The zero-order valence-electron chi connectivity index (χ0n) is 11.5. The summed E-state index contributed by atoms with van der Waals surface area (Å²) < 4.78 is 0. The van der Waals surface area contributed by atoms with Crippen molar-refractivity contribution in [2.45, 2.75) is 6.92 Å². The first kappa shape index (κ1) is 13.2. The lowest BCUT2D eigenvalue weighted by atomic mass is 9.93. The van der Waals surface area contributed by atoms with Crippen LogP contribution in [0.3, 0.4) is 0 Å². The van der Waals surface area contributed by atoms with Crippen LogP contribution in [0.25, 0.3) is 21.9 Å². The van der Waals surface area contributed by atoms with Crippen LogP contribution in [-0.2, 0) is 0 Å². The van der Waals surface area contributed by atoms with E-state index in [1.165, 1.54) is 12.1 Å². The summed E-state index contributed by atoms with van der Waals surface area (Å²) in [6.07, 6.45) is 0. The van der Waals surface area contributed by atoms with Gasteiger partial charge in [0.15, 0.2) is 0 Å². The van der Waals surface area contributed by atoms with Crippen LogP contribution in [0.5, 0.6) is 5.75 Å². The number of phenols is 1. The van der Waals surface area contributed by atoms with Gasteiger partial charge in [-0.3, -0.25) is 0 Å². The predicted octanol–water partition coefficient (Wildman–Crippen LogP) is 4.22. The van der Waals surface area contributed by atoms with Gasteiger partial charge in [-0.1, -0.05) is 42.5 Å². The molecule has 3 rings (SSSR count). The van der Waals surface area contributed by atoms with Gasteiger partial charge in [0.05, 0.1) is 0 Å². The van der Waals surface area contributed by atoms with Gasteiger partial charge < -0.3 is 10.2 Å². The molecule has 0 aliphatic carbocycles. The van der Waals surface area contributed by atoms with Crippen LogP contribution in [0.15, 0.2) is 54.6 Å². The van der Waals surface area contributed by atoms with E-state index in [2.05, 4.69) is 0 Å². The van der Waals surface area contributed by atoms with Gasteiger partial charge in [-0.05, 0) is 46.5 Å². The Morgan fingerprint density at radius 1 is 1.00 bits per heavy atom. The molecular weight excluding hydrogens is 264 g/mol. The highest BCUT2D eigenvalue weighted by molar-refractivity contribution is 6.00. The quantitative estimate of drug-likeness (QED) is 0.738. The molecule has 0 heterocycles. The first-order valence-electron chi connectivity index (χ1n) is 6.63. The van der Waals surface area contributed by atoms with Crippen molar-refractivity contribution in [1.82, 2.24) is 0 Å². The van der Waals surface area contributed by atoms with E-state index in [9.17, 15) is 9.90 Å². The van der Waals surface area contributed by atoms with Gasteiger partial charge in [-0.15, -0.1) is 0 Å². The Morgan fingerprint density at radius 3 is 2.52 bits per heavy atom. The number of benzene rings is 3. The average Bonchev–Trinajstić information content (AvgIpc) is 2.48. The molecule has 0 saturated heterocycles. The van der Waals surface area contributed by atoms with Gasteiger partial charge in [0.1, 0.15) is 11.3 Å². The zero-order valence-corrected chi connectivity index (χ0v) is 11.5. The second kappa shape index (κ2) is 4.94. The number of carboxylic acid groups (broad SMARTS) is 1. The topological polar surface area (TPSA) is 57.5 Å². The molecule has 0 unspecified atom stereocenters. The van der Waals surface area contributed by atoms with Crippen LogP contribution in [0.2, 0.25) is 0 Å². The lowest BCUT2D eigenvalue weighted by Gasteiger charge is -2.12. The third kappa shape index (κ3) is 2.23. The Bertz CT molecular complexity index is 850. The molecule has 3 aromatic carbocycles. The summed E-state index contributed by atoms with van der Waals surface area (Å²) in [5, 5.41) is 21.0. The molecule has 3 aromatic rings. The van der Waals surface area contributed by atoms with Crippen LogP contribution >= 0.6 is 0 Å². The molecule has 3 nitrogen and oxygen atoms in total. The molecule has 0 aromatic heterocycles. The maximum absolute atomic E-state index is 11.2. The highest BCUT2D eigenvalue weighted by Crippen LogP contribution is 2.34. The Hall–Kier alpha value is -2.81. The number of carbonyl (C=O) groups is 1. The first-order valence-corrected chi connectivity index (χ1v) is 6.63. The van der Waals surface area contributed by atoms with E-state index in [1.807, 2.05) is 43.3 Å². The molecule has 0 aliphatic rings. The molecular formula is C18H14O3. The third-order valence-electron chi connectivity index (χ3n) is 3.65. The summed E-state index contributed by atoms with van der Waals surface area (Å²) in [6, 6.07) is 16.7. The molecule has 0 bridgehead atoms. The van der Waals surface area contributed by atoms with Crippen molar-refractivity contribution in [2.75, 3.05) is 0 Å². The fraction of sp³-hybridized carbons (Fsp3) is 0.0556. The van der Waals surface area contributed by atoms with Crippen molar-refractivity contribution < 1.29 is 15.0 Å². The Labute approximate surface area is 122 Å². The molecule has 0 aliphatic heterocycles. The lowest BCUT2D eigenvalue weighted by Crippen LogP contribution is -1.97. The van der Waals surface area contributed by atoms with Crippen molar-refractivity contribution in [3.63, 3.8) is 0 Å². The van der Waals surface area contributed by atoms with Gasteiger partial charge in [-0.25, -0.2) is 4.79 Å². The number of fused-ring (bicyclic) bond motifs is 1. The molecule has 0 spiro atoms. The van der Waals surface area contributed by atoms with E-state index in [0.29, 0.717) is 0 Å². The number of aromatic hydroxyl groups is 1. The highest BCUT2D eigenvalue weighted by atomic mass is 16.4. The van der Waals surface area contributed by atoms with Crippen molar-refractivity contribution in [3.8, 4) is 16.9 Å². The van der Waals surface area contributed by atoms with E-state index < -0.39 is 5.97 Å². The standard InChI is InChI=1S/C18H14O3/c1-11-6-7-12-4-2-3-5-14(12)17(11)13-8-9-16(19)15(10-13)18(20)21/h2-10,19H,1H3,(H,20,21). The lowest BCUT2D eigenvalue weighted by molar-refractivity contribution is 0.0694. The molecule has 3 heteroatoms. The fourth-order valence-electron chi connectivity index (χ4n) is 2.63. The maximum Gasteiger partial charge on any atom is 0.339 e. The summed E-state index contributed by atoms with van der Waals surface area (Å²) in [7, 11) is 0. The van der Waals surface area contributed by atoms with Gasteiger partial charge >= 0.3 is 5.97 Å². The molecule has 104 valence electrons. The van der Waals surface area contributed by atoms with E-state index in [-0.39, 0.29) is 11.3 Å². The van der Waals surface area contributed by atoms with E-state index >= 15 is 0 Å². The normalized spacial score (nSPS) is 10.7. The minimum atomic E-state index is -1.13. The van der Waals surface area contributed by atoms with Crippen LogP contribution in [-0.4, -0.2) is 16.2 Å². The van der Waals surface area contributed by atoms with E-state index in [0.717, 1.165) is 27.5 Å². The predicted molar refractivity (Wildman–Crippen MR) is 82.7 cm³/mol. The number of carboxylic acids is 1. The molecule has 2 N–H and O–H groups in total. The average molecular weight is 278 g/mol. The third-order valence-corrected chi connectivity index (χ3v) is 3.65. The van der Waals surface area contributed by atoms with Crippen molar-refractivity contribution in [1.29, 1.82) is 0 Å². The Balaban J connectivity index is 2.33. The van der Waals surface area contributed by atoms with E-state index in [4.69, 9.17) is 5.11 Å². The summed E-state index contributed by atoms with van der Waals surface area (Å²) in [5.74, 6) is -1.35. The van der Waals surface area contributed by atoms with E-state index in [1.54, 1.807) is 6.07 Å². The van der Waals surface area contributed by atoms with Crippen LogP contribution in [0.4, 0.5) is 0 Å². The number of aryl methyl sites for hydroxylation is 1. The monoisotopic (exact) mass is 278 g/mol. The fourth-order valence-corrected chi connectivity index (χ4v) is 2.63. The summed E-state index contributed by atoms with van der Waals surface area (Å²) in [4.78, 5) is 11.2. The second-order valence-corrected chi connectivity index (χ2v) is 5.02. The number of hydrogen-bond acceptors (Lipinski definition) is 2. The Morgan fingerprint density at radius 2 is 1.76 bits per heavy atom. The largest absolute Gasteiger partial charge is 0.507 e. The highest BCUT2D eigenvalue weighted by Gasteiger charge is 2.13. The number of rotatable bonds is 2. The maximum atomic E-state index is 11.2. The molecule has 0 radical (unpaired) electrons. The van der Waals surface area contributed by atoms with Gasteiger partial charge in [0, 0.05) is 0 Å². The number of aromatic carboxylic acids is 1. The molecule has 0 amide bonds. The van der Waals surface area contributed by atoms with Crippen molar-refractivity contribution >= 4 is 16.7 Å².